The zero-order valence-electron chi connectivity index (χ0n) is 13.6. The van der Waals surface area contributed by atoms with Gasteiger partial charge in [-0.05, 0) is 46.7 Å². The van der Waals surface area contributed by atoms with Crippen molar-refractivity contribution in [3.8, 4) is 11.1 Å². The van der Waals surface area contributed by atoms with Crippen molar-refractivity contribution in [3.63, 3.8) is 0 Å². The highest BCUT2D eigenvalue weighted by Crippen LogP contribution is 2.27. The Labute approximate surface area is 147 Å². The minimum absolute atomic E-state index is 0.912. The Morgan fingerprint density at radius 2 is 1.92 bits per heavy atom. The highest BCUT2D eigenvalue weighted by Gasteiger charge is 2.14. The predicted molar refractivity (Wildman–Crippen MR) is 102 cm³/mol. The second kappa shape index (κ2) is 7.12. The molecular weight excluding hydrogens is 312 g/mol. The van der Waals surface area contributed by atoms with E-state index in [-0.39, 0.29) is 0 Å². The van der Waals surface area contributed by atoms with Gasteiger partial charge in [-0.3, -0.25) is 9.88 Å². The molecule has 1 aliphatic heterocycles. The van der Waals surface area contributed by atoms with Crippen LogP contribution in [0.15, 0.2) is 72.3 Å². The van der Waals surface area contributed by atoms with Crippen LogP contribution in [-0.2, 0) is 6.54 Å². The molecule has 0 spiro atoms. The van der Waals surface area contributed by atoms with Crippen LogP contribution >= 0.6 is 11.3 Å². The molecule has 120 valence electrons. The summed E-state index contributed by atoms with van der Waals surface area (Å²) in [5.74, 6) is 0. The van der Waals surface area contributed by atoms with Crippen LogP contribution in [0, 0.1) is 0 Å². The van der Waals surface area contributed by atoms with Gasteiger partial charge >= 0.3 is 0 Å². The van der Waals surface area contributed by atoms with E-state index >= 15 is 0 Å². The van der Waals surface area contributed by atoms with Gasteiger partial charge in [0.25, 0.3) is 0 Å². The lowest BCUT2D eigenvalue weighted by Crippen LogP contribution is -2.28. The van der Waals surface area contributed by atoms with Crippen LogP contribution in [0.2, 0.25) is 0 Å². The van der Waals surface area contributed by atoms with Gasteiger partial charge in [0.1, 0.15) is 0 Å². The van der Waals surface area contributed by atoms with E-state index in [1.54, 1.807) is 0 Å². The molecule has 0 saturated carbocycles. The highest BCUT2D eigenvalue weighted by molar-refractivity contribution is 7.11. The van der Waals surface area contributed by atoms with Gasteiger partial charge in [-0.1, -0.05) is 42.5 Å². The van der Waals surface area contributed by atoms with Gasteiger partial charge in [0.05, 0.1) is 5.69 Å². The summed E-state index contributed by atoms with van der Waals surface area (Å²) in [4.78, 5) is 8.45. The maximum Gasteiger partial charge on any atom is 0.0550 e. The average Bonchev–Trinajstić information content (AvgIpc) is 3.18. The van der Waals surface area contributed by atoms with Crippen molar-refractivity contribution in [1.29, 1.82) is 0 Å². The molecule has 3 aromatic rings. The van der Waals surface area contributed by atoms with E-state index in [9.17, 15) is 0 Å². The molecule has 1 aromatic carbocycles. The molecule has 3 heterocycles. The van der Waals surface area contributed by atoms with Crippen LogP contribution in [0.5, 0.6) is 0 Å². The maximum absolute atomic E-state index is 4.57. The average molecular weight is 332 g/mol. The number of nitrogens with zero attached hydrogens (tertiary/aromatic N) is 2. The normalized spacial score (nSPS) is 15.2. The summed E-state index contributed by atoms with van der Waals surface area (Å²) in [5.41, 5.74) is 5.13. The minimum Gasteiger partial charge on any atom is -0.294 e. The summed E-state index contributed by atoms with van der Waals surface area (Å²) in [6.07, 6.45) is 5.42. The molecule has 0 aliphatic carbocycles. The molecule has 0 amide bonds. The van der Waals surface area contributed by atoms with E-state index in [0.717, 1.165) is 31.7 Å². The third-order valence-corrected chi connectivity index (χ3v) is 5.39. The zero-order chi connectivity index (χ0) is 16.2. The first-order chi connectivity index (χ1) is 11.9. The molecule has 4 rings (SSSR count). The van der Waals surface area contributed by atoms with Crippen molar-refractivity contribution in [3.05, 3.63) is 82.8 Å². The second-order valence-corrected chi connectivity index (χ2v) is 7.04. The molecule has 2 nitrogen and oxygen atoms in total. The lowest BCUT2D eigenvalue weighted by Gasteiger charge is -2.25. The summed E-state index contributed by atoms with van der Waals surface area (Å²) in [6.45, 7) is 3.01. The van der Waals surface area contributed by atoms with Crippen molar-refractivity contribution >= 4 is 16.9 Å². The van der Waals surface area contributed by atoms with E-state index in [0.29, 0.717) is 0 Å². The molecule has 0 radical (unpaired) electrons. The monoisotopic (exact) mass is 332 g/mol. The molecule has 0 unspecified atom stereocenters. The van der Waals surface area contributed by atoms with Gasteiger partial charge in [-0.2, -0.15) is 0 Å². The summed E-state index contributed by atoms with van der Waals surface area (Å²) in [7, 11) is 0. The van der Waals surface area contributed by atoms with Crippen molar-refractivity contribution < 1.29 is 0 Å². The van der Waals surface area contributed by atoms with Crippen molar-refractivity contribution in [2.45, 2.75) is 13.0 Å². The van der Waals surface area contributed by atoms with Crippen LogP contribution in [0.4, 0.5) is 0 Å². The Hall–Kier alpha value is -2.23. The van der Waals surface area contributed by atoms with Crippen LogP contribution in [0.3, 0.4) is 0 Å². The predicted octanol–water partition coefficient (Wildman–Crippen LogP) is 5.10. The van der Waals surface area contributed by atoms with Gasteiger partial charge in [0.2, 0.25) is 0 Å². The number of benzene rings is 1. The van der Waals surface area contributed by atoms with Crippen LogP contribution in [0.1, 0.15) is 17.0 Å². The van der Waals surface area contributed by atoms with Crippen molar-refractivity contribution in [1.82, 2.24) is 9.88 Å². The van der Waals surface area contributed by atoms with Gasteiger partial charge in [-0.25, -0.2) is 0 Å². The third-order valence-electron chi connectivity index (χ3n) is 4.44. The van der Waals surface area contributed by atoms with E-state index in [2.05, 4.69) is 75.9 Å². The molecule has 3 heteroatoms. The van der Waals surface area contributed by atoms with E-state index in [1.807, 2.05) is 17.5 Å². The summed E-state index contributed by atoms with van der Waals surface area (Å²) in [5, 5.41) is 2.15. The van der Waals surface area contributed by atoms with Crippen LogP contribution in [0.25, 0.3) is 16.7 Å². The standard InChI is InChI=1S/C21H20N2S/c1-2-5-17(6-3-1)19-8-11-22-20(15-19)16-23-12-9-18(10-13-23)21-7-4-14-24-21/h1-9,11,14-15H,10,12-13,16H2. The first-order valence-electron chi connectivity index (χ1n) is 8.34. The van der Waals surface area contributed by atoms with E-state index in [4.69, 9.17) is 0 Å². The SMILES string of the molecule is C1=C(c2cccs2)CCN(Cc2cc(-c3ccccc3)ccn2)C1. The van der Waals surface area contributed by atoms with Crippen molar-refractivity contribution in [2.75, 3.05) is 13.1 Å². The zero-order valence-corrected chi connectivity index (χ0v) is 14.4. The molecule has 0 atom stereocenters. The Bertz CT molecular complexity index is 822. The Morgan fingerprint density at radius 1 is 1.00 bits per heavy atom. The van der Waals surface area contributed by atoms with Gasteiger partial charge < -0.3 is 0 Å². The molecule has 0 N–H and O–H groups in total. The summed E-state index contributed by atoms with van der Waals surface area (Å²) < 4.78 is 0. The topological polar surface area (TPSA) is 16.1 Å². The maximum atomic E-state index is 4.57. The molecular formula is C21H20N2S. The molecule has 24 heavy (non-hydrogen) atoms. The Balaban J connectivity index is 1.45. The first kappa shape index (κ1) is 15.3. The minimum atomic E-state index is 0.912. The third kappa shape index (κ3) is 3.48. The molecule has 1 aliphatic rings. The molecule has 2 aromatic heterocycles. The largest absolute Gasteiger partial charge is 0.294 e. The highest BCUT2D eigenvalue weighted by atomic mass is 32.1. The fourth-order valence-electron chi connectivity index (χ4n) is 3.14. The first-order valence-corrected chi connectivity index (χ1v) is 9.22. The quantitative estimate of drug-likeness (QED) is 0.661. The number of hydrogen-bond acceptors (Lipinski definition) is 3. The smallest absolute Gasteiger partial charge is 0.0550 e. The summed E-state index contributed by atoms with van der Waals surface area (Å²) >= 11 is 1.84. The number of aromatic nitrogens is 1. The lowest BCUT2D eigenvalue weighted by atomic mass is 10.0. The number of rotatable bonds is 4. The Kier molecular flexibility index (Phi) is 4.54. The van der Waals surface area contributed by atoms with E-state index < -0.39 is 0 Å². The van der Waals surface area contributed by atoms with Gasteiger partial charge in [0, 0.05) is 30.7 Å². The van der Waals surface area contributed by atoms with Crippen LogP contribution in [-0.4, -0.2) is 23.0 Å². The number of hydrogen-bond donors (Lipinski definition) is 0. The Morgan fingerprint density at radius 3 is 2.67 bits per heavy atom. The molecule has 0 bridgehead atoms. The molecule has 0 fully saturated rings. The second-order valence-electron chi connectivity index (χ2n) is 6.09. The van der Waals surface area contributed by atoms with Gasteiger partial charge in [-0.15, -0.1) is 11.3 Å². The fraction of sp³-hybridized carbons (Fsp3) is 0.190. The number of thiophene rings is 1. The van der Waals surface area contributed by atoms with Gasteiger partial charge in [0.15, 0.2) is 0 Å². The van der Waals surface area contributed by atoms with Crippen LogP contribution < -0.4 is 0 Å². The molecule has 0 saturated heterocycles. The summed E-state index contributed by atoms with van der Waals surface area (Å²) in [6, 6.07) is 19.2. The van der Waals surface area contributed by atoms with E-state index in [1.165, 1.54) is 21.6 Å². The van der Waals surface area contributed by atoms with Crippen molar-refractivity contribution in [2.24, 2.45) is 0 Å². The number of pyridine rings is 1. The lowest BCUT2D eigenvalue weighted by molar-refractivity contribution is 0.290. The fourth-order valence-corrected chi connectivity index (χ4v) is 3.94.